The minimum Gasteiger partial charge on any atom is -0.299 e. The number of ketones is 1. The van der Waals surface area contributed by atoms with Gasteiger partial charge in [0.2, 0.25) is 0 Å². The van der Waals surface area contributed by atoms with Gasteiger partial charge < -0.3 is 0 Å². The molecule has 0 fully saturated rings. The Morgan fingerprint density at radius 3 is 2.46 bits per heavy atom. The van der Waals surface area contributed by atoms with Crippen LogP contribution < -0.4 is 0 Å². The molecule has 0 radical (unpaired) electrons. The van der Waals surface area contributed by atoms with Gasteiger partial charge in [-0.3, -0.25) is 9.69 Å². The topological polar surface area (TPSA) is 20.3 Å². The van der Waals surface area contributed by atoms with Gasteiger partial charge in [-0.05, 0) is 20.0 Å². The van der Waals surface area contributed by atoms with Crippen LogP contribution in [0.1, 0.15) is 40.0 Å². The maximum Gasteiger partial charge on any atom is 0.149 e. The SMILES string of the molecule is CCCCC(C)C(=O)CN(C)CC. The summed E-state index contributed by atoms with van der Waals surface area (Å²) in [4.78, 5) is 13.6. The Morgan fingerprint density at radius 2 is 2.00 bits per heavy atom. The molecule has 0 aromatic rings. The Morgan fingerprint density at radius 1 is 1.38 bits per heavy atom. The number of nitrogens with zero attached hydrogens (tertiary/aromatic N) is 1. The molecule has 13 heavy (non-hydrogen) atoms. The number of carbonyl (C=O) groups excluding carboxylic acids is 1. The lowest BCUT2D eigenvalue weighted by molar-refractivity contribution is -0.123. The molecule has 0 saturated heterocycles. The lowest BCUT2D eigenvalue weighted by atomic mass is 9.99. The van der Waals surface area contributed by atoms with E-state index in [1.165, 1.54) is 12.8 Å². The predicted octanol–water partition coefficient (Wildman–Crippen LogP) is 2.33. The molecule has 2 nitrogen and oxygen atoms in total. The molecule has 0 aliphatic rings. The van der Waals surface area contributed by atoms with E-state index in [2.05, 4.69) is 18.7 Å². The molecular weight excluding hydrogens is 162 g/mol. The first kappa shape index (κ1) is 12.6. The molecule has 0 N–H and O–H groups in total. The average Bonchev–Trinajstić information content (AvgIpc) is 2.13. The van der Waals surface area contributed by atoms with Crippen LogP contribution in [0.25, 0.3) is 0 Å². The molecule has 1 unspecified atom stereocenters. The number of unbranched alkanes of at least 4 members (excludes halogenated alkanes) is 1. The molecule has 0 saturated carbocycles. The largest absolute Gasteiger partial charge is 0.299 e. The van der Waals surface area contributed by atoms with Crippen LogP contribution >= 0.6 is 0 Å². The second-order valence-corrected chi connectivity index (χ2v) is 3.84. The predicted molar refractivity (Wildman–Crippen MR) is 56.9 cm³/mol. The van der Waals surface area contributed by atoms with Crippen molar-refractivity contribution in [3.05, 3.63) is 0 Å². The van der Waals surface area contributed by atoms with E-state index in [9.17, 15) is 4.79 Å². The first-order chi connectivity index (χ1) is 6.11. The standard InChI is InChI=1S/C11H23NO/c1-5-7-8-10(3)11(13)9-12(4)6-2/h10H,5-9H2,1-4H3. The molecule has 0 rings (SSSR count). The van der Waals surface area contributed by atoms with Gasteiger partial charge in [-0.1, -0.05) is 33.6 Å². The van der Waals surface area contributed by atoms with Gasteiger partial charge in [0, 0.05) is 5.92 Å². The Hall–Kier alpha value is -0.370. The highest BCUT2D eigenvalue weighted by molar-refractivity contribution is 5.82. The van der Waals surface area contributed by atoms with Gasteiger partial charge in [0.05, 0.1) is 6.54 Å². The van der Waals surface area contributed by atoms with E-state index in [4.69, 9.17) is 0 Å². The van der Waals surface area contributed by atoms with Crippen molar-refractivity contribution in [2.75, 3.05) is 20.1 Å². The van der Waals surface area contributed by atoms with E-state index in [1.807, 2.05) is 14.0 Å². The summed E-state index contributed by atoms with van der Waals surface area (Å²) in [6, 6.07) is 0. The quantitative estimate of drug-likeness (QED) is 0.606. The second-order valence-electron chi connectivity index (χ2n) is 3.84. The fraction of sp³-hybridized carbons (Fsp3) is 0.909. The van der Waals surface area contributed by atoms with Crippen LogP contribution in [0.3, 0.4) is 0 Å². The zero-order valence-electron chi connectivity index (χ0n) is 9.47. The molecule has 78 valence electrons. The molecule has 0 aliphatic heterocycles. The average molecular weight is 185 g/mol. The Balaban J connectivity index is 3.68. The van der Waals surface area contributed by atoms with Gasteiger partial charge >= 0.3 is 0 Å². The van der Waals surface area contributed by atoms with Gasteiger partial charge in [0.1, 0.15) is 5.78 Å². The van der Waals surface area contributed by atoms with Crippen LogP contribution in [-0.2, 0) is 4.79 Å². The van der Waals surface area contributed by atoms with Crippen molar-refractivity contribution in [3.8, 4) is 0 Å². The third-order valence-corrected chi connectivity index (χ3v) is 2.51. The van der Waals surface area contributed by atoms with Crippen molar-refractivity contribution in [1.29, 1.82) is 0 Å². The zero-order valence-corrected chi connectivity index (χ0v) is 9.47. The molecule has 0 bridgehead atoms. The van der Waals surface area contributed by atoms with E-state index >= 15 is 0 Å². The summed E-state index contributed by atoms with van der Waals surface area (Å²) in [5.41, 5.74) is 0. The normalized spacial score (nSPS) is 13.3. The lowest BCUT2D eigenvalue weighted by Crippen LogP contribution is -2.29. The van der Waals surface area contributed by atoms with Gasteiger partial charge in [0.25, 0.3) is 0 Å². The van der Waals surface area contributed by atoms with Crippen LogP contribution in [0, 0.1) is 5.92 Å². The summed E-state index contributed by atoms with van der Waals surface area (Å²) in [6.45, 7) is 7.84. The molecule has 2 heteroatoms. The smallest absolute Gasteiger partial charge is 0.149 e. The summed E-state index contributed by atoms with van der Waals surface area (Å²) in [7, 11) is 1.99. The number of hydrogen-bond donors (Lipinski definition) is 0. The van der Waals surface area contributed by atoms with Gasteiger partial charge in [0.15, 0.2) is 0 Å². The summed E-state index contributed by atoms with van der Waals surface area (Å²) in [5.74, 6) is 0.631. The first-order valence-corrected chi connectivity index (χ1v) is 5.33. The van der Waals surface area contributed by atoms with Crippen molar-refractivity contribution in [1.82, 2.24) is 4.90 Å². The summed E-state index contributed by atoms with van der Waals surface area (Å²) in [6.07, 6.45) is 3.40. The number of Topliss-reactive ketones (excluding diaryl/α,β-unsaturated/α-hetero) is 1. The molecule has 0 amide bonds. The van der Waals surface area contributed by atoms with Crippen molar-refractivity contribution in [2.45, 2.75) is 40.0 Å². The van der Waals surface area contributed by atoms with E-state index < -0.39 is 0 Å². The van der Waals surface area contributed by atoms with Crippen LogP contribution in [0.2, 0.25) is 0 Å². The van der Waals surface area contributed by atoms with Gasteiger partial charge in [-0.25, -0.2) is 0 Å². The number of likely N-dealkylation sites (N-methyl/N-ethyl adjacent to an activating group) is 1. The Bertz CT molecular complexity index is 145. The van der Waals surface area contributed by atoms with Crippen molar-refractivity contribution in [3.63, 3.8) is 0 Å². The third kappa shape index (κ3) is 5.81. The zero-order chi connectivity index (χ0) is 10.3. The fourth-order valence-corrected chi connectivity index (χ4v) is 1.20. The van der Waals surface area contributed by atoms with Crippen molar-refractivity contribution < 1.29 is 4.79 Å². The molecule has 0 aromatic carbocycles. The van der Waals surface area contributed by atoms with E-state index in [0.717, 1.165) is 13.0 Å². The maximum absolute atomic E-state index is 11.6. The van der Waals surface area contributed by atoms with E-state index in [0.29, 0.717) is 12.3 Å². The lowest BCUT2D eigenvalue weighted by Gasteiger charge is -2.16. The highest BCUT2D eigenvalue weighted by atomic mass is 16.1. The summed E-state index contributed by atoms with van der Waals surface area (Å²) in [5, 5.41) is 0. The molecule has 1 atom stereocenters. The highest BCUT2D eigenvalue weighted by Gasteiger charge is 2.13. The number of rotatable bonds is 7. The van der Waals surface area contributed by atoms with Crippen molar-refractivity contribution >= 4 is 5.78 Å². The summed E-state index contributed by atoms with van der Waals surface area (Å²) >= 11 is 0. The van der Waals surface area contributed by atoms with Gasteiger partial charge in [-0.15, -0.1) is 0 Å². The minimum absolute atomic E-state index is 0.244. The monoisotopic (exact) mass is 185 g/mol. The molecular formula is C11H23NO. The summed E-state index contributed by atoms with van der Waals surface area (Å²) < 4.78 is 0. The van der Waals surface area contributed by atoms with Crippen LogP contribution in [0.15, 0.2) is 0 Å². The second kappa shape index (κ2) is 7.07. The van der Waals surface area contributed by atoms with E-state index in [-0.39, 0.29) is 5.92 Å². The van der Waals surface area contributed by atoms with Crippen LogP contribution in [-0.4, -0.2) is 30.8 Å². The third-order valence-electron chi connectivity index (χ3n) is 2.51. The van der Waals surface area contributed by atoms with Crippen molar-refractivity contribution in [2.24, 2.45) is 5.92 Å². The number of hydrogen-bond acceptors (Lipinski definition) is 2. The first-order valence-electron chi connectivity index (χ1n) is 5.33. The molecule has 0 aromatic heterocycles. The van der Waals surface area contributed by atoms with Gasteiger partial charge in [-0.2, -0.15) is 0 Å². The molecule has 0 spiro atoms. The van der Waals surface area contributed by atoms with E-state index in [1.54, 1.807) is 0 Å². The Labute approximate surface area is 82.3 Å². The van der Waals surface area contributed by atoms with Crippen LogP contribution in [0.5, 0.6) is 0 Å². The molecule has 0 heterocycles. The molecule has 0 aliphatic carbocycles. The fourth-order valence-electron chi connectivity index (χ4n) is 1.20. The minimum atomic E-state index is 0.244. The Kier molecular flexibility index (Phi) is 6.87. The number of carbonyl (C=O) groups is 1. The highest BCUT2D eigenvalue weighted by Crippen LogP contribution is 2.08. The maximum atomic E-state index is 11.6. The van der Waals surface area contributed by atoms with Crippen LogP contribution in [0.4, 0.5) is 0 Å².